The molecule has 0 heterocycles. The summed E-state index contributed by atoms with van der Waals surface area (Å²) in [4.78, 5) is 11.8. The van der Waals surface area contributed by atoms with Gasteiger partial charge in [-0.25, -0.2) is 5.73 Å². The van der Waals surface area contributed by atoms with Gasteiger partial charge in [0.1, 0.15) is 6.04 Å². The first-order valence-corrected chi connectivity index (χ1v) is 7.19. The van der Waals surface area contributed by atoms with Crippen molar-refractivity contribution in [2.24, 2.45) is 5.92 Å². The molecule has 1 unspecified atom stereocenters. The molecule has 19 heavy (non-hydrogen) atoms. The second kappa shape index (κ2) is 7.29. The summed E-state index contributed by atoms with van der Waals surface area (Å²) in [5.41, 5.74) is 9.14. The highest BCUT2D eigenvalue weighted by Gasteiger charge is 2.27. The maximum absolute atomic E-state index is 11.8. The van der Waals surface area contributed by atoms with Crippen molar-refractivity contribution in [3.05, 3.63) is 35.9 Å². The molecule has 103 valence electrons. The Labute approximate surface area is 115 Å². The van der Waals surface area contributed by atoms with Gasteiger partial charge in [0.05, 0.1) is 6.61 Å². The van der Waals surface area contributed by atoms with Crippen LogP contribution in [0.1, 0.15) is 37.7 Å². The molecular formula is C16H22NO2. The van der Waals surface area contributed by atoms with Crippen molar-refractivity contribution < 1.29 is 9.53 Å². The van der Waals surface area contributed by atoms with Crippen LogP contribution in [0, 0.1) is 5.92 Å². The Hall–Kier alpha value is -1.35. The number of benzene rings is 1. The maximum Gasteiger partial charge on any atom is 0.324 e. The summed E-state index contributed by atoms with van der Waals surface area (Å²) < 4.78 is 5.23. The van der Waals surface area contributed by atoms with Crippen LogP contribution in [0.2, 0.25) is 0 Å². The fraction of sp³-hybridized carbons (Fsp3) is 0.562. The van der Waals surface area contributed by atoms with Crippen LogP contribution in [0.4, 0.5) is 0 Å². The van der Waals surface area contributed by atoms with E-state index in [9.17, 15) is 4.79 Å². The highest BCUT2D eigenvalue weighted by atomic mass is 16.5. The Kier molecular flexibility index (Phi) is 5.40. The number of carbonyl (C=O) groups excluding carboxylic acids is 1. The molecule has 1 N–H and O–H groups in total. The van der Waals surface area contributed by atoms with Gasteiger partial charge in [0, 0.05) is 6.42 Å². The van der Waals surface area contributed by atoms with Crippen LogP contribution in [-0.2, 0) is 16.0 Å². The number of carbonyl (C=O) groups is 1. The molecule has 1 aromatic carbocycles. The lowest BCUT2D eigenvalue weighted by Crippen LogP contribution is -2.34. The minimum Gasteiger partial charge on any atom is -0.464 e. The van der Waals surface area contributed by atoms with Crippen LogP contribution in [0.25, 0.3) is 0 Å². The van der Waals surface area contributed by atoms with Crippen LogP contribution in [0.15, 0.2) is 30.3 Å². The van der Waals surface area contributed by atoms with E-state index in [2.05, 4.69) is 0 Å². The van der Waals surface area contributed by atoms with E-state index in [-0.39, 0.29) is 11.9 Å². The summed E-state index contributed by atoms with van der Waals surface area (Å²) in [6.45, 7) is 0.380. The Morgan fingerprint density at radius 1 is 1.21 bits per heavy atom. The zero-order valence-electron chi connectivity index (χ0n) is 11.3. The van der Waals surface area contributed by atoms with Crippen LogP contribution in [0.3, 0.4) is 0 Å². The molecule has 1 aliphatic rings. The van der Waals surface area contributed by atoms with Crippen LogP contribution in [-0.4, -0.2) is 18.6 Å². The van der Waals surface area contributed by atoms with Gasteiger partial charge in [0.25, 0.3) is 0 Å². The molecule has 1 saturated carbocycles. The molecule has 0 bridgehead atoms. The van der Waals surface area contributed by atoms with E-state index in [4.69, 9.17) is 10.5 Å². The minimum atomic E-state index is -0.684. The van der Waals surface area contributed by atoms with Crippen molar-refractivity contribution in [2.75, 3.05) is 6.61 Å². The number of rotatable bonds is 5. The first kappa shape index (κ1) is 14.1. The molecule has 1 atom stereocenters. The standard InChI is InChI=1S/C16H22NO2/c17-15(14-9-5-2-6-10-14)16(18)19-12-11-13-7-3-1-4-8-13/h1,3-4,7-8,14-15,17H,2,5-6,9-12H2. The summed E-state index contributed by atoms with van der Waals surface area (Å²) in [7, 11) is 0. The topological polar surface area (TPSA) is 50.1 Å². The van der Waals surface area contributed by atoms with Crippen LogP contribution in [0.5, 0.6) is 0 Å². The van der Waals surface area contributed by atoms with Crippen molar-refractivity contribution in [3.8, 4) is 0 Å². The number of hydrogen-bond donors (Lipinski definition) is 0. The Morgan fingerprint density at radius 3 is 2.58 bits per heavy atom. The van der Waals surface area contributed by atoms with E-state index in [0.717, 1.165) is 37.7 Å². The molecule has 0 amide bonds. The minimum absolute atomic E-state index is 0.206. The molecule has 1 aliphatic carbocycles. The van der Waals surface area contributed by atoms with E-state index in [1.807, 2.05) is 30.3 Å². The van der Waals surface area contributed by atoms with Crippen molar-refractivity contribution in [2.45, 2.75) is 44.6 Å². The van der Waals surface area contributed by atoms with Gasteiger partial charge in [-0.1, -0.05) is 49.6 Å². The summed E-state index contributed by atoms with van der Waals surface area (Å²) in [6, 6.07) is 9.29. The fourth-order valence-corrected chi connectivity index (χ4v) is 2.66. The van der Waals surface area contributed by atoms with Crippen LogP contribution >= 0.6 is 0 Å². The quantitative estimate of drug-likeness (QED) is 0.764. The predicted octanol–water partition coefficient (Wildman–Crippen LogP) is 3.00. The van der Waals surface area contributed by atoms with E-state index in [0.29, 0.717) is 6.61 Å². The molecule has 1 radical (unpaired) electrons. The molecule has 3 nitrogen and oxygen atoms in total. The molecule has 0 aliphatic heterocycles. The molecule has 2 rings (SSSR count). The normalized spacial score (nSPS) is 17.9. The Morgan fingerprint density at radius 2 is 1.89 bits per heavy atom. The summed E-state index contributed by atoms with van der Waals surface area (Å²) in [5.74, 6) is -0.138. The van der Waals surface area contributed by atoms with Gasteiger partial charge < -0.3 is 4.74 Å². The van der Waals surface area contributed by atoms with Crippen molar-refractivity contribution in [3.63, 3.8) is 0 Å². The molecule has 1 fully saturated rings. The zero-order valence-corrected chi connectivity index (χ0v) is 11.3. The number of esters is 1. The monoisotopic (exact) mass is 260 g/mol. The van der Waals surface area contributed by atoms with Gasteiger partial charge in [-0.05, 0) is 24.3 Å². The zero-order chi connectivity index (χ0) is 13.5. The van der Waals surface area contributed by atoms with E-state index in [1.54, 1.807) is 0 Å². The number of nitrogens with one attached hydrogen (secondary N) is 1. The van der Waals surface area contributed by atoms with E-state index in [1.165, 1.54) is 6.42 Å². The lowest BCUT2D eigenvalue weighted by atomic mass is 9.84. The third kappa shape index (κ3) is 4.35. The van der Waals surface area contributed by atoms with Crippen LogP contribution < -0.4 is 5.73 Å². The summed E-state index contributed by atoms with van der Waals surface area (Å²) in [6.07, 6.45) is 6.27. The summed E-state index contributed by atoms with van der Waals surface area (Å²) >= 11 is 0. The molecular weight excluding hydrogens is 238 g/mol. The second-order valence-corrected chi connectivity index (χ2v) is 5.28. The third-order valence-corrected chi connectivity index (χ3v) is 3.85. The first-order valence-electron chi connectivity index (χ1n) is 7.19. The van der Waals surface area contributed by atoms with Crippen molar-refractivity contribution in [1.29, 1.82) is 0 Å². The van der Waals surface area contributed by atoms with E-state index < -0.39 is 6.04 Å². The Balaban J connectivity index is 1.71. The smallest absolute Gasteiger partial charge is 0.324 e. The van der Waals surface area contributed by atoms with Crippen molar-refractivity contribution >= 4 is 5.97 Å². The third-order valence-electron chi connectivity index (χ3n) is 3.85. The maximum atomic E-state index is 11.8. The van der Waals surface area contributed by atoms with Crippen molar-refractivity contribution in [1.82, 2.24) is 5.73 Å². The highest BCUT2D eigenvalue weighted by Crippen LogP contribution is 2.26. The van der Waals surface area contributed by atoms with Gasteiger partial charge in [0.2, 0.25) is 0 Å². The number of ether oxygens (including phenoxy) is 1. The molecule has 0 aromatic heterocycles. The molecule has 0 spiro atoms. The summed E-state index contributed by atoms with van der Waals surface area (Å²) in [5, 5.41) is 0. The van der Waals surface area contributed by atoms with Gasteiger partial charge in [-0.2, -0.15) is 0 Å². The SMILES string of the molecule is [NH]C(C(=O)OCCc1ccccc1)C1CCCCC1. The number of hydrogen-bond acceptors (Lipinski definition) is 2. The lowest BCUT2D eigenvalue weighted by molar-refractivity contribution is -0.147. The Bertz CT molecular complexity index is 385. The highest BCUT2D eigenvalue weighted by molar-refractivity contribution is 5.75. The molecule has 1 aromatic rings. The van der Waals surface area contributed by atoms with Gasteiger partial charge in [0.15, 0.2) is 0 Å². The van der Waals surface area contributed by atoms with Gasteiger partial charge >= 0.3 is 5.97 Å². The van der Waals surface area contributed by atoms with Gasteiger partial charge in [-0.15, -0.1) is 0 Å². The molecule has 0 saturated heterocycles. The average molecular weight is 260 g/mol. The average Bonchev–Trinajstić information content (AvgIpc) is 2.48. The van der Waals surface area contributed by atoms with E-state index >= 15 is 0 Å². The first-order chi connectivity index (χ1) is 9.27. The predicted molar refractivity (Wildman–Crippen MR) is 74.6 cm³/mol. The fourth-order valence-electron chi connectivity index (χ4n) is 2.66. The molecule has 3 heteroatoms. The lowest BCUT2D eigenvalue weighted by Gasteiger charge is -2.25. The largest absolute Gasteiger partial charge is 0.464 e. The second-order valence-electron chi connectivity index (χ2n) is 5.28. The van der Waals surface area contributed by atoms with Gasteiger partial charge in [-0.3, -0.25) is 4.79 Å².